The van der Waals surface area contributed by atoms with E-state index in [2.05, 4.69) is 146 Å². The molecule has 0 radical (unpaired) electrons. The van der Waals surface area contributed by atoms with E-state index in [1.165, 1.54) is 44.1 Å². The van der Waals surface area contributed by atoms with Crippen LogP contribution < -0.4 is 4.74 Å². The number of pyridine rings is 1. The minimum absolute atomic E-state index is 0.0284. The van der Waals surface area contributed by atoms with Crippen LogP contribution in [0.4, 0.5) is 0 Å². The summed E-state index contributed by atoms with van der Waals surface area (Å²) < 4.78 is 9.22. The lowest BCUT2D eigenvalue weighted by atomic mass is 9.74. The molecule has 0 saturated carbocycles. The molecule has 0 saturated heterocycles. The highest BCUT2D eigenvalue weighted by molar-refractivity contribution is 6.10. The van der Waals surface area contributed by atoms with Crippen molar-refractivity contribution < 1.29 is 4.74 Å². The summed E-state index contributed by atoms with van der Waals surface area (Å²) in [7, 11) is 0. The van der Waals surface area contributed by atoms with Crippen LogP contribution in [0.15, 0.2) is 126 Å². The summed E-state index contributed by atoms with van der Waals surface area (Å²) in [6.45, 7) is 9.81. The van der Waals surface area contributed by atoms with Crippen LogP contribution in [0.5, 0.6) is 11.5 Å². The smallest absolute Gasteiger partial charge is 0.145 e. The lowest BCUT2D eigenvalue weighted by Gasteiger charge is -2.35. The minimum Gasteiger partial charge on any atom is -0.457 e. The van der Waals surface area contributed by atoms with Crippen molar-refractivity contribution in [1.82, 2.24) is 14.5 Å². The van der Waals surface area contributed by atoms with E-state index >= 15 is 0 Å². The average molecular weight is 637 g/mol. The van der Waals surface area contributed by atoms with Gasteiger partial charge in [0.15, 0.2) is 0 Å². The summed E-state index contributed by atoms with van der Waals surface area (Å²) in [5.74, 6) is 2.68. The number of para-hydroxylation sites is 1. The highest BCUT2D eigenvalue weighted by atomic mass is 16.5. The number of aryl methyl sites for hydroxylation is 2. The summed E-state index contributed by atoms with van der Waals surface area (Å²) in [6, 6.07) is 41.7. The van der Waals surface area contributed by atoms with Gasteiger partial charge >= 0.3 is 0 Å². The Morgan fingerprint density at radius 2 is 1.59 bits per heavy atom. The molecular formula is C44H36N4O. The van der Waals surface area contributed by atoms with Crippen molar-refractivity contribution in [3.63, 3.8) is 0 Å². The first-order valence-electron chi connectivity index (χ1n) is 17.2. The second-order valence-corrected chi connectivity index (χ2v) is 14.4. The van der Waals surface area contributed by atoms with Crippen LogP contribution in [-0.4, -0.2) is 20.3 Å². The molecule has 0 bridgehead atoms. The van der Waals surface area contributed by atoms with E-state index in [1.54, 1.807) is 0 Å². The van der Waals surface area contributed by atoms with Gasteiger partial charge in [-0.2, -0.15) is 0 Å². The quantitative estimate of drug-likeness (QED) is 0.193. The van der Waals surface area contributed by atoms with Gasteiger partial charge in [-0.15, -0.1) is 0 Å². The van der Waals surface area contributed by atoms with Crippen LogP contribution in [0.1, 0.15) is 70.4 Å². The molecule has 3 aliphatic rings. The first kappa shape index (κ1) is 28.3. The molecule has 5 heteroatoms. The van der Waals surface area contributed by atoms with Gasteiger partial charge in [-0.1, -0.05) is 86.6 Å². The summed E-state index contributed by atoms with van der Waals surface area (Å²) in [5, 5.41) is 2.40. The molecule has 0 unspecified atom stereocenters. The van der Waals surface area contributed by atoms with Gasteiger partial charge in [0.05, 0.1) is 17.2 Å². The predicted octanol–water partition coefficient (Wildman–Crippen LogP) is 10.3. The molecule has 0 aliphatic carbocycles. The molecule has 2 atom stereocenters. The summed E-state index contributed by atoms with van der Waals surface area (Å²) in [5.41, 5.74) is 13.1. The van der Waals surface area contributed by atoms with Gasteiger partial charge in [-0.3, -0.25) is 9.56 Å². The van der Waals surface area contributed by atoms with E-state index in [0.717, 1.165) is 51.9 Å². The molecule has 2 aromatic heterocycles. The van der Waals surface area contributed by atoms with Crippen LogP contribution >= 0.6 is 0 Å². The van der Waals surface area contributed by atoms with Crippen LogP contribution in [0.25, 0.3) is 27.6 Å². The fraction of sp³-hybridized carbons (Fsp3) is 0.182. The second kappa shape index (κ2) is 10.2. The highest BCUT2D eigenvalue weighted by Crippen LogP contribution is 2.51. The Balaban J connectivity index is 1.08. The van der Waals surface area contributed by atoms with Crippen LogP contribution in [0, 0.1) is 13.8 Å². The second-order valence-electron chi connectivity index (χ2n) is 14.4. The topological polar surface area (TPSA) is 42.6 Å². The largest absolute Gasteiger partial charge is 0.457 e. The molecule has 0 amide bonds. The van der Waals surface area contributed by atoms with E-state index in [4.69, 9.17) is 14.7 Å². The Bertz CT molecular complexity index is 2530. The average Bonchev–Trinajstić information content (AvgIpc) is 3.78. The summed E-state index contributed by atoms with van der Waals surface area (Å²) in [6.07, 6.45) is 1.89. The number of hydrogen-bond acceptors (Lipinski definition) is 4. The lowest BCUT2D eigenvalue weighted by Crippen LogP contribution is -2.26. The molecule has 0 spiro atoms. The van der Waals surface area contributed by atoms with Gasteiger partial charge in [0.1, 0.15) is 29.0 Å². The SMILES string of the molecule is Cc1cc(Oc2cc3c(cc2C)C(C)(C)c2cccc4c5cccnc5n-3c24)cc(C2=N[C@H](c3ccccc3)[C@@H]3c4ccccc4CN23)c1. The molecule has 49 heavy (non-hydrogen) atoms. The van der Waals surface area contributed by atoms with E-state index < -0.39 is 0 Å². The summed E-state index contributed by atoms with van der Waals surface area (Å²) in [4.78, 5) is 12.8. The standard InChI is InChI=1S/C44H36N4O/c1-26-20-30(42-46-39(28-12-6-5-7-13-28)41-32-15-9-8-14-29(32)25-47(41)42)23-31(21-26)49-38-24-37-36(22-27(38)2)44(3,4)35-18-10-16-33-34-17-11-19-45-43(34)48(37)40(33)35/h5-24,39,41H,25H2,1-4H3/t39-,41+/m1/s1. The third-order valence-electron chi connectivity index (χ3n) is 11.0. The maximum Gasteiger partial charge on any atom is 0.145 e. The Morgan fingerprint density at radius 3 is 2.47 bits per heavy atom. The lowest BCUT2D eigenvalue weighted by molar-refractivity contribution is 0.341. The summed E-state index contributed by atoms with van der Waals surface area (Å²) >= 11 is 0. The monoisotopic (exact) mass is 636 g/mol. The molecule has 10 rings (SSSR count). The number of benzene rings is 5. The number of aromatic nitrogens is 2. The van der Waals surface area contributed by atoms with Crippen molar-refractivity contribution in [3.05, 3.63) is 166 Å². The van der Waals surface area contributed by atoms with Gasteiger partial charge in [0.25, 0.3) is 0 Å². The van der Waals surface area contributed by atoms with Crippen LogP contribution in [0.3, 0.4) is 0 Å². The Hall–Kier alpha value is -5.68. The molecule has 5 nitrogen and oxygen atoms in total. The molecule has 5 aromatic carbocycles. The van der Waals surface area contributed by atoms with Gasteiger partial charge < -0.3 is 9.64 Å². The molecule has 0 N–H and O–H groups in total. The predicted molar refractivity (Wildman–Crippen MR) is 197 cm³/mol. The first-order valence-corrected chi connectivity index (χ1v) is 17.2. The molecule has 0 fully saturated rings. The van der Waals surface area contributed by atoms with Gasteiger partial charge in [-0.05, 0) is 89.2 Å². The first-order chi connectivity index (χ1) is 23.9. The van der Waals surface area contributed by atoms with Crippen molar-refractivity contribution in [2.45, 2.75) is 51.7 Å². The molecule has 3 aliphatic heterocycles. The van der Waals surface area contributed by atoms with Crippen molar-refractivity contribution in [1.29, 1.82) is 0 Å². The van der Waals surface area contributed by atoms with Gasteiger partial charge in [0, 0.05) is 40.6 Å². The van der Waals surface area contributed by atoms with E-state index in [9.17, 15) is 0 Å². The van der Waals surface area contributed by atoms with Crippen molar-refractivity contribution in [3.8, 4) is 17.2 Å². The molecule has 7 aromatic rings. The molecule has 5 heterocycles. The highest BCUT2D eigenvalue weighted by Gasteiger charge is 2.43. The maximum atomic E-state index is 6.87. The number of aliphatic imine (C=N–C) groups is 1. The normalized spacial score (nSPS) is 18.4. The molecule has 238 valence electrons. The van der Waals surface area contributed by atoms with Crippen molar-refractivity contribution in [2.24, 2.45) is 4.99 Å². The number of hydrogen-bond donors (Lipinski definition) is 0. The Labute approximate surface area is 286 Å². The fourth-order valence-electron chi connectivity index (χ4n) is 8.70. The zero-order valence-corrected chi connectivity index (χ0v) is 28.1. The number of rotatable bonds is 4. The zero-order valence-electron chi connectivity index (χ0n) is 28.1. The minimum atomic E-state index is -0.182. The number of ether oxygens (including phenoxy) is 1. The zero-order chi connectivity index (χ0) is 33.0. The van der Waals surface area contributed by atoms with Gasteiger partial charge in [-0.25, -0.2) is 4.98 Å². The molecular weight excluding hydrogens is 601 g/mol. The van der Waals surface area contributed by atoms with E-state index in [-0.39, 0.29) is 17.5 Å². The number of nitrogens with zero attached hydrogens (tertiary/aromatic N) is 4. The van der Waals surface area contributed by atoms with Crippen molar-refractivity contribution in [2.75, 3.05) is 0 Å². The van der Waals surface area contributed by atoms with E-state index in [0.29, 0.717) is 0 Å². The third-order valence-corrected chi connectivity index (χ3v) is 11.0. The van der Waals surface area contributed by atoms with E-state index in [1.807, 2.05) is 12.3 Å². The third kappa shape index (κ3) is 4.05. The Morgan fingerprint density at radius 1 is 0.776 bits per heavy atom. The maximum absolute atomic E-state index is 6.87. The van der Waals surface area contributed by atoms with Crippen molar-refractivity contribution >= 4 is 27.8 Å². The fourth-order valence-corrected chi connectivity index (χ4v) is 8.70. The number of amidine groups is 1. The Kier molecular flexibility index (Phi) is 5.88. The van der Waals surface area contributed by atoms with Crippen LogP contribution in [0.2, 0.25) is 0 Å². The number of fused-ring (bicyclic) bond motifs is 8. The van der Waals surface area contributed by atoms with Crippen LogP contribution in [-0.2, 0) is 12.0 Å². The van der Waals surface area contributed by atoms with Gasteiger partial charge in [0.2, 0.25) is 0 Å².